The highest BCUT2D eigenvalue weighted by Crippen LogP contribution is 2.21. The van der Waals surface area contributed by atoms with Crippen molar-refractivity contribution in [1.29, 1.82) is 0 Å². The van der Waals surface area contributed by atoms with Crippen molar-refractivity contribution in [1.82, 2.24) is 20.2 Å². The van der Waals surface area contributed by atoms with Gasteiger partial charge < -0.3 is 33.6 Å². The number of halogens is 1. The molecular weight excluding hydrogens is 434 g/mol. The van der Waals surface area contributed by atoms with Gasteiger partial charge in [-0.05, 0) is 38.6 Å². The van der Waals surface area contributed by atoms with E-state index < -0.39 is 5.91 Å². The summed E-state index contributed by atoms with van der Waals surface area (Å²) < 4.78 is 0. The first-order valence-electron chi connectivity index (χ1n) is 10.8. The zero-order valence-electron chi connectivity index (χ0n) is 18.3. The first kappa shape index (κ1) is 25.4. The van der Waals surface area contributed by atoms with Gasteiger partial charge in [-0.25, -0.2) is 9.97 Å². The van der Waals surface area contributed by atoms with Gasteiger partial charge in [0.1, 0.15) is 0 Å². The highest BCUT2D eigenvalue weighted by Gasteiger charge is 2.21. The third-order valence-electron chi connectivity index (χ3n) is 5.24. The molecule has 0 saturated carbocycles. The Balaban J connectivity index is 1.72. The number of nitrogens with one attached hydrogen (secondary N) is 1. The molecule has 0 bridgehead atoms. The minimum atomic E-state index is -0.642. The second kappa shape index (κ2) is 12.9. The number of nitrogen functional groups attached to an aromatic ring is 2. The second-order valence-corrected chi connectivity index (χ2v) is 8.05. The van der Waals surface area contributed by atoms with Crippen LogP contribution in [-0.2, 0) is 0 Å². The van der Waals surface area contributed by atoms with E-state index in [1.807, 2.05) is 0 Å². The number of carbonyl (C=O) groups excluding carboxylic acids is 1. The number of unbranched alkanes of at least 4 members (excludes halogenated alkanes) is 1. The summed E-state index contributed by atoms with van der Waals surface area (Å²) >= 11 is 5.79. The molecule has 1 aromatic rings. The maximum absolute atomic E-state index is 12.2. The van der Waals surface area contributed by atoms with Gasteiger partial charge in [-0.2, -0.15) is 0 Å². The number of nitrogens with two attached hydrogens (primary N) is 5. The Hall–Kier alpha value is -2.86. The Morgan fingerprint density at radius 1 is 1.06 bits per heavy atom. The van der Waals surface area contributed by atoms with Gasteiger partial charge in [0.2, 0.25) is 0 Å². The molecule has 2 heterocycles. The van der Waals surface area contributed by atoms with Crippen molar-refractivity contribution in [2.24, 2.45) is 27.2 Å². The van der Waals surface area contributed by atoms with E-state index in [1.165, 1.54) is 19.3 Å². The van der Waals surface area contributed by atoms with Crippen molar-refractivity contribution in [2.75, 3.05) is 37.6 Å². The van der Waals surface area contributed by atoms with E-state index in [-0.39, 0.29) is 34.4 Å². The first-order valence-corrected chi connectivity index (χ1v) is 11.1. The number of hydrogen-bond donors (Lipinski definition) is 6. The molecule has 1 aromatic heterocycles. The lowest BCUT2D eigenvalue weighted by atomic mass is 9.97. The summed E-state index contributed by atoms with van der Waals surface area (Å²) in [5.41, 5.74) is 27.6. The molecule has 1 aliphatic heterocycles. The molecular formula is C19H34ClN11O. The lowest BCUT2D eigenvalue weighted by Crippen LogP contribution is -2.40. The van der Waals surface area contributed by atoms with Crippen LogP contribution in [0.3, 0.4) is 0 Å². The van der Waals surface area contributed by atoms with Crippen LogP contribution >= 0.6 is 11.6 Å². The maximum atomic E-state index is 12.2. The largest absolute Gasteiger partial charge is 0.382 e. The number of guanidine groups is 2. The van der Waals surface area contributed by atoms with E-state index in [2.05, 4.69) is 30.2 Å². The summed E-state index contributed by atoms with van der Waals surface area (Å²) in [6, 6.07) is 0.570. The maximum Gasteiger partial charge on any atom is 0.280 e. The Bertz CT molecular complexity index is 826. The van der Waals surface area contributed by atoms with Crippen LogP contribution in [0.25, 0.3) is 0 Å². The number of aliphatic imine (C=N–C) groups is 2. The van der Waals surface area contributed by atoms with E-state index in [0.29, 0.717) is 19.1 Å². The van der Waals surface area contributed by atoms with Crippen LogP contribution in [0.4, 0.5) is 11.6 Å². The van der Waals surface area contributed by atoms with Crippen LogP contribution in [0.15, 0.2) is 9.98 Å². The van der Waals surface area contributed by atoms with Crippen molar-refractivity contribution >= 4 is 41.1 Å². The quantitative estimate of drug-likeness (QED) is 0.155. The van der Waals surface area contributed by atoms with Crippen molar-refractivity contribution in [3.8, 4) is 0 Å². The molecule has 1 unspecified atom stereocenters. The van der Waals surface area contributed by atoms with E-state index in [4.69, 9.17) is 40.3 Å². The Labute approximate surface area is 193 Å². The number of likely N-dealkylation sites (tertiary alicyclic amines) is 1. The predicted octanol–water partition coefficient (Wildman–Crippen LogP) is 0.0272. The third kappa shape index (κ3) is 8.35. The summed E-state index contributed by atoms with van der Waals surface area (Å²) in [5.74, 6) is -0.690. The monoisotopic (exact) mass is 467 g/mol. The fourth-order valence-electron chi connectivity index (χ4n) is 3.68. The van der Waals surface area contributed by atoms with Crippen LogP contribution in [0.5, 0.6) is 0 Å². The first-order chi connectivity index (χ1) is 15.3. The van der Waals surface area contributed by atoms with E-state index >= 15 is 0 Å². The van der Waals surface area contributed by atoms with Crippen LogP contribution in [0.2, 0.25) is 5.15 Å². The average molecular weight is 468 g/mol. The molecule has 0 aromatic carbocycles. The minimum absolute atomic E-state index is 0.0110. The molecule has 1 atom stereocenters. The van der Waals surface area contributed by atoms with E-state index in [1.54, 1.807) is 0 Å². The molecule has 1 fully saturated rings. The van der Waals surface area contributed by atoms with E-state index in [0.717, 1.165) is 38.8 Å². The number of piperidine rings is 1. The minimum Gasteiger partial charge on any atom is -0.382 e. The highest BCUT2D eigenvalue weighted by atomic mass is 35.5. The Kier molecular flexibility index (Phi) is 10.2. The van der Waals surface area contributed by atoms with Crippen LogP contribution in [0, 0.1) is 0 Å². The molecule has 0 spiro atoms. The standard InChI is InChI=1S/C19H34ClN11O/c20-14-16(22)29-15(21)13(28-14)17(32)30-19(25)27-8-3-1-6-12-7-2-4-10-31(12)11-5-9-26-18(23)24/h12H,1-11H2,(H4,21,22,29)(H4,23,24,26)(H3,25,27,30,32). The molecule has 2 rings (SSSR count). The van der Waals surface area contributed by atoms with Crippen LogP contribution in [0.1, 0.15) is 55.4 Å². The van der Waals surface area contributed by atoms with Gasteiger partial charge in [0, 0.05) is 25.7 Å². The number of nitrogens with zero attached hydrogens (tertiary/aromatic N) is 5. The summed E-state index contributed by atoms with van der Waals surface area (Å²) in [6.45, 7) is 3.28. The number of rotatable bonds is 10. The van der Waals surface area contributed by atoms with Gasteiger partial charge in [-0.1, -0.05) is 24.4 Å². The third-order valence-corrected chi connectivity index (χ3v) is 5.51. The van der Waals surface area contributed by atoms with E-state index in [9.17, 15) is 4.79 Å². The van der Waals surface area contributed by atoms with Gasteiger partial charge >= 0.3 is 0 Å². The normalized spacial score (nSPS) is 17.2. The topological polar surface area (TPSA) is 213 Å². The number of carbonyl (C=O) groups is 1. The number of aromatic nitrogens is 2. The summed E-state index contributed by atoms with van der Waals surface area (Å²) in [4.78, 5) is 30.6. The molecule has 11 N–H and O–H groups in total. The van der Waals surface area contributed by atoms with Crippen molar-refractivity contribution in [3.63, 3.8) is 0 Å². The van der Waals surface area contributed by atoms with Gasteiger partial charge in [0.25, 0.3) is 5.91 Å². The number of anilines is 2. The predicted molar refractivity (Wildman–Crippen MR) is 128 cm³/mol. The molecule has 178 valence electrons. The fourth-order valence-corrected chi connectivity index (χ4v) is 3.80. The summed E-state index contributed by atoms with van der Waals surface area (Å²) in [7, 11) is 0. The molecule has 1 aliphatic rings. The highest BCUT2D eigenvalue weighted by molar-refractivity contribution is 6.31. The zero-order chi connectivity index (χ0) is 23.5. The Morgan fingerprint density at radius 3 is 2.56 bits per heavy atom. The fraction of sp³-hybridized carbons (Fsp3) is 0.632. The molecule has 1 amide bonds. The van der Waals surface area contributed by atoms with Gasteiger partial charge in [-0.3, -0.25) is 20.1 Å². The zero-order valence-corrected chi connectivity index (χ0v) is 19.0. The van der Waals surface area contributed by atoms with Gasteiger partial charge in [0.15, 0.2) is 34.4 Å². The SMILES string of the molecule is NC(N)=NCCCN1CCCCC1CCCCN=C(N)NC(=O)c1nc(Cl)c(N)nc1N. The van der Waals surface area contributed by atoms with Gasteiger partial charge in [0.05, 0.1) is 0 Å². The van der Waals surface area contributed by atoms with Crippen LogP contribution in [-0.4, -0.2) is 64.9 Å². The molecule has 1 saturated heterocycles. The molecule has 0 aliphatic carbocycles. The Morgan fingerprint density at radius 2 is 1.81 bits per heavy atom. The van der Waals surface area contributed by atoms with Crippen LogP contribution < -0.4 is 34.0 Å². The molecule has 0 radical (unpaired) electrons. The van der Waals surface area contributed by atoms with Crippen molar-refractivity contribution in [3.05, 3.63) is 10.8 Å². The molecule has 32 heavy (non-hydrogen) atoms. The number of amides is 1. The van der Waals surface area contributed by atoms with Crippen molar-refractivity contribution in [2.45, 2.75) is 51.0 Å². The smallest absolute Gasteiger partial charge is 0.280 e. The lowest BCUT2D eigenvalue weighted by Gasteiger charge is -2.35. The number of hydrogen-bond acceptors (Lipinski definition) is 8. The summed E-state index contributed by atoms with van der Waals surface area (Å²) in [5, 5.41) is 2.33. The van der Waals surface area contributed by atoms with Gasteiger partial charge in [-0.15, -0.1) is 0 Å². The molecule has 12 nitrogen and oxygen atoms in total. The molecule has 13 heteroatoms. The van der Waals surface area contributed by atoms with Crippen molar-refractivity contribution < 1.29 is 4.79 Å². The lowest BCUT2D eigenvalue weighted by molar-refractivity contribution is 0.0972. The summed E-state index contributed by atoms with van der Waals surface area (Å²) in [6.07, 6.45) is 7.62. The second-order valence-electron chi connectivity index (χ2n) is 7.70. The average Bonchev–Trinajstić information content (AvgIpc) is 2.74.